The van der Waals surface area contributed by atoms with Gasteiger partial charge in [-0.15, -0.1) is 0 Å². The molecule has 0 N–H and O–H groups in total. The van der Waals surface area contributed by atoms with E-state index >= 15 is 0 Å². The topological polar surface area (TPSA) is 26.3 Å². The molecular weight excluding hydrogens is 369 g/mol. The highest BCUT2D eigenvalue weighted by molar-refractivity contribution is 6.15. The van der Waals surface area contributed by atoms with Gasteiger partial charge in [0.25, 0.3) is 0 Å². The molecule has 0 spiro atoms. The molecule has 0 heterocycles. The lowest BCUT2D eigenvalue weighted by Gasteiger charge is -2.41. The summed E-state index contributed by atoms with van der Waals surface area (Å²) in [6.07, 6.45) is -3.08. The van der Waals surface area contributed by atoms with Gasteiger partial charge in [0.2, 0.25) is 11.4 Å². The maximum Gasteiger partial charge on any atom is 0.428 e. The van der Waals surface area contributed by atoms with Gasteiger partial charge >= 0.3 is 6.18 Å². The fraction of sp³-hybridized carbons (Fsp3) is 0.381. The summed E-state index contributed by atoms with van der Waals surface area (Å²) in [6, 6.07) is 8.37. The summed E-state index contributed by atoms with van der Waals surface area (Å²) >= 11 is 0. The number of halogens is 3. The van der Waals surface area contributed by atoms with Crippen molar-refractivity contribution in [2.75, 3.05) is 0 Å². The van der Waals surface area contributed by atoms with Gasteiger partial charge < -0.3 is 4.43 Å². The number of hydrogen-bond donors (Lipinski definition) is 0. The van der Waals surface area contributed by atoms with E-state index in [0.29, 0.717) is 29.5 Å². The minimum absolute atomic E-state index is 0.00486. The summed E-state index contributed by atoms with van der Waals surface area (Å²) in [6.45, 7) is 5.78. The molecule has 1 aliphatic carbocycles. The van der Waals surface area contributed by atoms with Crippen LogP contribution in [0.25, 0.3) is 11.1 Å². The van der Waals surface area contributed by atoms with E-state index in [4.69, 9.17) is 4.43 Å². The summed E-state index contributed by atoms with van der Waals surface area (Å²) in [5.41, 5.74) is 0.733. The molecule has 0 amide bonds. The second-order valence-corrected chi connectivity index (χ2v) is 7.14. The molecular formula is C21H23F3O2Si. The average molecular weight is 392 g/mol. The Morgan fingerprint density at radius 3 is 2.04 bits per heavy atom. The van der Waals surface area contributed by atoms with Crippen LogP contribution in [0, 0.1) is 0 Å². The standard InChI is InChI=1S/C21H23F3O2Si/c1-4-12-11-17-15-9-7-8-10-16(15)19(25)20(26-27,21(22,23)24)18(17)14(6-3)13(12)5-2/h7-11H,4-6H2,1-3,27H3. The van der Waals surface area contributed by atoms with E-state index in [1.165, 1.54) is 6.07 Å². The van der Waals surface area contributed by atoms with E-state index in [0.717, 1.165) is 17.5 Å². The molecule has 1 atom stereocenters. The Morgan fingerprint density at radius 2 is 1.56 bits per heavy atom. The predicted molar refractivity (Wildman–Crippen MR) is 103 cm³/mol. The zero-order valence-corrected chi connectivity index (χ0v) is 18.0. The fourth-order valence-electron chi connectivity index (χ4n) is 4.40. The number of hydrogen-bond acceptors (Lipinski definition) is 2. The van der Waals surface area contributed by atoms with Gasteiger partial charge in [0.15, 0.2) is 0 Å². The maximum atomic E-state index is 14.4. The van der Waals surface area contributed by atoms with Crippen molar-refractivity contribution in [1.82, 2.24) is 0 Å². The van der Waals surface area contributed by atoms with Gasteiger partial charge in [-0.1, -0.05) is 51.1 Å². The fourth-order valence-corrected chi connectivity index (χ4v) is 5.02. The van der Waals surface area contributed by atoms with Crippen molar-refractivity contribution in [3.05, 3.63) is 58.1 Å². The van der Waals surface area contributed by atoms with Crippen LogP contribution in [-0.4, -0.2) is 22.4 Å². The van der Waals surface area contributed by atoms with Crippen molar-refractivity contribution >= 4 is 16.3 Å². The van der Waals surface area contributed by atoms with E-state index < -0.39 is 17.6 Å². The van der Waals surface area contributed by atoms with E-state index in [1.54, 1.807) is 18.2 Å². The van der Waals surface area contributed by atoms with Crippen LogP contribution >= 0.6 is 0 Å². The summed E-state index contributed by atoms with van der Waals surface area (Å²) in [5.74, 6) is -1.01. The van der Waals surface area contributed by atoms with Crippen LogP contribution in [0.15, 0.2) is 30.3 Å². The zero-order valence-electron chi connectivity index (χ0n) is 16.0. The van der Waals surface area contributed by atoms with Gasteiger partial charge in [-0.2, -0.15) is 13.2 Å². The first-order chi connectivity index (χ1) is 12.8. The molecule has 6 heteroatoms. The van der Waals surface area contributed by atoms with Crippen molar-refractivity contribution in [2.24, 2.45) is 0 Å². The first kappa shape index (κ1) is 19.8. The smallest absolute Gasteiger partial charge is 0.405 e. The second-order valence-electron chi connectivity index (χ2n) is 6.73. The summed E-state index contributed by atoms with van der Waals surface area (Å²) < 4.78 is 48.5. The monoisotopic (exact) mass is 392 g/mol. The Bertz CT molecular complexity index is 905. The molecule has 2 aromatic carbocycles. The number of carbonyl (C=O) groups excluding carboxylic acids is 1. The normalized spacial score (nSPS) is 19.1. The molecule has 144 valence electrons. The Labute approximate surface area is 160 Å². The Kier molecular flexibility index (Phi) is 5.07. The van der Waals surface area contributed by atoms with E-state index in [-0.39, 0.29) is 21.6 Å². The zero-order chi connectivity index (χ0) is 20.0. The van der Waals surface area contributed by atoms with Gasteiger partial charge in [-0.05, 0) is 47.1 Å². The van der Waals surface area contributed by atoms with Crippen LogP contribution in [0.4, 0.5) is 13.2 Å². The first-order valence-corrected chi connectivity index (χ1v) is 10.0. The number of aryl methyl sites for hydroxylation is 1. The van der Waals surface area contributed by atoms with Gasteiger partial charge in [-0.25, -0.2) is 0 Å². The minimum atomic E-state index is -4.84. The molecule has 0 saturated carbocycles. The Morgan fingerprint density at radius 1 is 0.963 bits per heavy atom. The Balaban J connectivity index is 2.58. The summed E-state index contributed by atoms with van der Waals surface area (Å²) in [4.78, 5) is 13.2. The van der Waals surface area contributed by atoms with Crippen LogP contribution in [0.3, 0.4) is 0 Å². The number of carbonyl (C=O) groups is 1. The molecule has 3 rings (SSSR count). The van der Waals surface area contributed by atoms with Gasteiger partial charge in [0, 0.05) is 11.1 Å². The summed E-state index contributed by atoms with van der Waals surface area (Å²) in [7, 11) is -0.209. The average Bonchev–Trinajstić information content (AvgIpc) is 2.66. The molecule has 0 saturated heterocycles. The minimum Gasteiger partial charge on any atom is -0.405 e. The predicted octanol–water partition coefficient (Wildman–Crippen LogP) is 4.29. The number of fused-ring (bicyclic) bond motifs is 3. The molecule has 2 nitrogen and oxygen atoms in total. The van der Waals surface area contributed by atoms with Crippen molar-refractivity contribution in [2.45, 2.75) is 51.8 Å². The molecule has 0 aliphatic heterocycles. The lowest BCUT2D eigenvalue weighted by atomic mass is 9.70. The Hall–Kier alpha value is -1.92. The lowest BCUT2D eigenvalue weighted by Crippen LogP contribution is -2.53. The largest absolute Gasteiger partial charge is 0.428 e. The van der Waals surface area contributed by atoms with E-state index in [2.05, 4.69) is 0 Å². The third-order valence-corrected chi connectivity index (χ3v) is 6.18. The van der Waals surface area contributed by atoms with Crippen molar-refractivity contribution < 1.29 is 22.4 Å². The summed E-state index contributed by atoms with van der Waals surface area (Å²) in [5, 5.41) is 0. The first-order valence-electron chi connectivity index (χ1n) is 9.22. The molecule has 2 aromatic rings. The quantitative estimate of drug-likeness (QED) is 0.726. The van der Waals surface area contributed by atoms with Crippen LogP contribution in [0.2, 0.25) is 0 Å². The van der Waals surface area contributed by atoms with Gasteiger partial charge in [0.1, 0.15) is 10.5 Å². The van der Waals surface area contributed by atoms with Gasteiger partial charge in [0.05, 0.1) is 0 Å². The number of alkyl halides is 3. The van der Waals surface area contributed by atoms with Crippen LogP contribution in [0.5, 0.6) is 0 Å². The highest BCUT2D eigenvalue weighted by Crippen LogP contribution is 2.54. The molecule has 27 heavy (non-hydrogen) atoms. The number of ketones is 1. The maximum absolute atomic E-state index is 14.4. The SMILES string of the molecule is CCc1cc2c(c(CC)c1CC)C(O[SiH3])(C(F)(F)F)C(=O)c1ccccc1-2. The molecule has 0 radical (unpaired) electrons. The van der Waals surface area contributed by atoms with Crippen molar-refractivity contribution in [3.63, 3.8) is 0 Å². The van der Waals surface area contributed by atoms with E-state index in [1.807, 2.05) is 26.8 Å². The second kappa shape index (κ2) is 6.91. The van der Waals surface area contributed by atoms with Crippen LogP contribution < -0.4 is 0 Å². The molecule has 0 bridgehead atoms. The van der Waals surface area contributed by atoms with Crippen molar-refractivity contribution in [3.8, 4) is 11.1 Å². The third-order valence-electron chi connectivity index (χ3n) is 5.57. The third kappa shape index (κ3) is 2.61. The molecule has 1 aliphatic rings. The number of benzene rings is 2. The van der Waals surface area contributed by atoms with Crippen LogP contribution in [-0.2, 0) is 29.3 Å². The van der Waals surface area contributed by atoms with Gasteiger partial charge in [-0.3, -0.25) is 4.79 Å². The number of Topliss-reactive ketones (excluding diaryl/α,β-unsaturated/α-hetero) is 1. The molecule has 1 unspecified atom stereocenters. The highest BCUT2D eigenvalue weighted by Gasteiger charge is 2.65. The highest BCUT2D eigenvalue weighted by atomic mass is 28.2. The van der Waals surface area contributed by atoms with Crippen molar-refractivity contribution in [1.29, 1.82) is 0 Å². The lowest BCUT2D eigenvalue weighted by molar-refractivity contribution is -0.231. The molecule has 0 aromatic heterocycles. The number of rotatable bonds is 4. The molecule has 0 fully saturated rings. The van der Waals surface area contributed by atoms with Crippen LogP contribution in [0.1, 0.15) is 53.4 Å². The van der Waals surface area contributed by atoms with E-state index in [9.17, 15) is 18.0 Å².